The first kappa shape index (κ1) is 21.9. The normalized spacial score (nSPS) is 11.4. The molecule has 0 aliphatic carbocycles. The lowest BCUT2D eigenvalue weighted by Gasteiger charge is -2.13. The molecule has 3 rings (SSSR count). The minimum absolute atomic E-state index is 0.0868. The van der Waals surface area contributed by atoms with E-state index in [9.17, 15) is 8.42 Å². The Bertz CT molecular complexity index is 1040. The Morgan fingerprint density at radius 1 is 1.10 bits per heavy atom. The first-order valence-corrected chi connectivity index (χ1v) is 12.7. The molecule has 0 bridgehead atoms. The molecule has 0 atom stereocenters. The SMILES string of the molecule is COc1ccc(CSc2nnc(SCCO)s2)c(NS(=O)(=O)c2ccccc2)c1. The molecule has 0 amide bonds. The number of aliphatic hydroxyl groups is 1. The molecule has 29 heavy (non-hydrogen) atoms. The Hall–Kier alpha value is -1.79. The van der Waals surface area contributed by atoms with Gasteiger partial charge in [0.15, 0.2) is 8.68 Å². The van der Waals surface area contributed by atoms with Crippen LogP contribution in [0.15, 0.2) is 62.1 Å². The minimum atomic E-state index is -3.72. The standard InChI is InChI=1S/C18H19N3O4S4/c1-25-14-8-7-13(12-27-18-20-19-17(28-18)26-10-9-22)16(11-14)21-29(23,24)15-5-3-2-4-6-15/h2-8,11,21-22H,9-10,12H2,1H3. The molecule has 0 saturated heterocycles. The second-order valence-corrected chi connectivity index (χ2v) is 10.9. The number of rotatable bonds is 10. The van der Waals surface area contributed by atoms with Crippen molar-refractivity contribution in [2.75, 3.05) is 24.2 Å². The number of hydrogen-bond donors (Lipinski definition) is 2. The lowest BCUT2D eigenvalue weighted by molar-refractivity contribution is 0.322. The van der Waals surface area contributed by atoms with E-state index in [1.807, 2.05) is 6.07 Å². The van der Waals surface area contributed by atoms with Crippen LogP contribution in [-0.4, -0.2) is 43.2 Å². The monoisotopic (exact) mass is 469 g/mol. The summed E-state index contributed by atoms with van der Waals surface area (Å²) in [5, 5.41) is 17.1. The first-order chi connectivity index (χ1) is 14.0. The van der Waals surface area contributed by atoms with Crippen LogP contribution in [0.2, 0.25) is 0 Å². The van der Waals surface area contributed by atoms with Crippen LogP contribution in [-0.2, 0) is 15.8 Å². The number of sulfonamides is 1. The van der Waals surface area contributed by atoms with E-state index < -0.39 is 10.0 Å². The second-order valence-electron chi connectivity index (χ2n) is 5.64. The van der Waals surface area contributed by atoms with E-state index in [0.717, 1.165) is 14.2 Å². The summed E-state index contributed by atoms with van der Waals surface area (Å²) in [6.07, 6.45) is 0. The van der Waals surface area contributed by atoms with Gasteiger partial charge in [0, 0.05) is 17.6 Å². The third-order valence-corrected chi connectivity index (χ3v) is 8.27. The molecule has 1 aromatic heterocycles. The van der Waals surface area contributed by atoms with Gasteiger partial charge in [-0.1, -0.05) is 59.1 Å². The van der Waals surface area contributed by atoms with Crippen molar-refractivity contribution in [2.24, 2.45) is 0 Å². The highest BCUT2D eigenvalue weighted by molar-refractivity contribution is 8.02. The van der Waals surface area contributed by atoms with Crippen LogP contribution < -0.4 is 9.46 Å². The highest BCUT2D eigenvalue weighted by atomic mass is 32.2. The molecule has 3 aromatic rings. The molecule has 0 aliphatic heterocycles. The summed E-state index contributed by atoms with van der Waals surface area (Å²) in [5.74, 6) is 1.64. The van der Waals surface area contributed by atoms with Crippen molar-refractivity contribution in [3.8, 4) is 5.75 Å². The van der Waals surface area contributed by atoms with Gasteiger partial charge in [0.2, 0.25) is 0 Å². The van der Waals surface area contributed by atoms with E-state index in [4.69, 9.17) is 9.84 Å². The second kappa shape index (κ2) is 10.3. The van der Waals surface area contributed by atoms with E-state index in [-0.39, 0.29) is 11.5 Å². The molecule has 154 valence electrons. The maximum absolute atomic E-state index is 12.7. The van der Waals surface area contributed by atoms with Crippen LogP contribution in [0.25, 0.3) is 0 Å². The predicted octanol–water partition coefficient (Wildman–Crippen LogP) is 3.72. The zero-order valence-corrected chi connectivity index (χ0v) is 18.7. The molecule has 0 aliphatic rings. The van der Waals surface area contributed by atoms with E-state index in [0.29, 0.717) is 22.9 Å². The van der Waals surface area contributed by atoms with Crippen molar-refractivity contribution in [3.05, 3.63) is 54.1 Å². The Labute approximate surface area is 182 Å². The van der Waals surface area contributed by atoms with E-state index >= 15 is 0 Å². The molecule has 0 spiro atoms. The van der Waals surface area contributed by atoms with E-state index in [2.05, 4.69) is 14.9 Å². The fraction of sp³-hybridized carbons (Fsp3) is 0.222. The largest absolute Gasteiger partial charge is 0.497 e. The van der Waals surface area contributed by atoms with Crippen LogP contribution in [0.4, 0.5) is 5.69 Å². The number of nitrogens with one attached hydrogen (secondary N) is 1. The van der Waals surface area contributed by atoms with Crippen molar-refractivity contribution in [2.45, 2.75) is 19.3 Å². The van der Waals surface area contributed by atoms with Gasteiger partial charge >= 0.3 is 0 Å². The fourth-order valence-corrected chi connectivity index (χ4v) is 6.24. The number of methoxy groups -OCH3 is 1. The van der Waals surface area contributed by atoms with Crippen LogP contribution >= 0.6 is 34.9 Å². The molecule has 0 radical (unpaired) electrons. The van der Waals surface area contributed by atoms with Gasteiger partial charge in [-0.15, -0.1) is 10.2 Å². The van der Waals surface area contributed by atoms with Crippen molar-refractivity contribution in [3.63, 3.8) is 0 Å². The Morgan fingerprint density at radius 2 is 1.83 bits per heavy atom. The number of benzene rings is 2. The van der Waals surface area contributed by atoms with Gasteiger partial charge in [-0.2, -0.15) is 0 Å². The maximum Gasteiger partial charge on any atom is 0.261 e. The summed E-state index contributed by atoms with van der Waals surface area (Å²) in [4.78, 5) is 0.191. The number of ether oxygens (including phenoxy) is 1. The molecular formula is C18H19N3O4S4. The lowest BCUT2D eigenvalue weighted by Crippen LogP contribution is -2.14. The number of nitrogens with zero attached hydrogens (tertiary/aromatic N) is 2. The highest BCUT2D eigenvalue weighted by Gasteiger charge is 2.17. The lowest BCUT2D eigenvalue weighted by atomic mass is 10.2. The first-order valence-electron chi connectivity index (χ1n) is 8.46. The molecule has 0 unspecified atom stereocenters. The Balaban J connectivity index is 1.78. The summed E-state index contributed by atoms with van der Waals surface area (Å²) in [5.41, 5.74) is 1.26. The van der Waals surface area contributed by atoms with Crippen LogP contribution in [0.5, 0.6) is 5.75 Å². The van der Waals surface area contributed by atoms with Crippen molar-refractivity contribution >= 4 is 50.6 Å². The van der Waals surface area contributed by atoms with Gasteiger partial charge < -0.3 is 9.84 Å². The van der Waals surface area contributed by atoms with Gasteiger partial charge in [-0.25, -0.2) is 8.42 Å². The molecule has 2 N–H and O–H groups in total. The van der Waals surface area contributed by atoms with Crippen molar-refractivity contribution in [1.29, 1.82) is 0 Å². The van der Waals surface area contributed by atoms with Gasteiger partial charge in [-0.05, 0) is 23.8 Å². The predicted molar refractivity (Wildman–Crippen MR) is 118 cm³/mol. The summed E-state index contributed by atoms with van der Waals surface area (Å²) in [6, 6.07) is 13.5. The summed E-state index contributed by atoms with van der Waals surface area (Å²) in [7, 11) is -2.18. The third kappa shape index (κ3) is 6.09. The molecule has 7 nitrogen and oxygen atoms in total. The zero-order valence-electron chi connectivity index (χ0n) is 15.4. The molecular weight excluding hydrogens is 450 g/mol. The number of hydrogen-bond acceptors (Lipinski definition) is 9. The van der Waals surface area contributed by atoms with Gasteiger partial charge in [0.1, 0.15) is 5.75 Å². The quantitative estimate of drug-likeness (QED) is 0.433. The molecule has 1 heterocycles. The minimum Gasteiger partial charge on any atom is -0.497 e. The number of aliphatic hydroxyl groups excluding tert-OH is 1. The van der Waals surface area contributed by atoms with Crippen LogP contribution in [0.3, 0.4) is 0 Å². The smallest absolute Gasteiger partial charge is 0.261 e. The molecule has 0 saturated carbocycles. The number of aromatic nitrogens is 2. The summed E-state index contributed by atoms with van der Waals surface area (Å²) in [6.45, 7) is 0.0868. The number of anilines is 1. The Kier molecular flexibility index (Phi) is 7.78. The average Bonchev–Trinajstić information content (AvgIpc) is 3.19. The topological polar surface area (TPSA) is 101 Å². The molecule has 0 fully saturated rings. The van der Waals surface area contributed by atoms with Gasteiger partial charge in [0.25, 0.3) is 10.0 Å². The third-order valence-electron chi connectivity index (χ3n) is 3.67. The zero-order chi connectivity index (χ0) is 20.7. The van der Waals surface area contributed by atoms with Crippen LogP contribution in [0.1, 0.15) is 5.56 Å². The molecule has 2 aromatic carbocycles. The Morgan fingerprint density at radius 3 is 2.52 bits per heavy atom. The fourth-order valence-electron chi connectivity index (χ4n) is 2.29. The molecule has 11 heteroatoms. The highest BCUT2D eigenvalue weighted by Crippen LogP contribution is 2.34. The van der Waals surface area contributed by atoms with Crippen molar-refractivity contribution in [1.82, 2.24) is 10.2 Å². The maximum atomic E-state index is 12.7. The van der Waals surface area contributed by atoms with Gasteiger partial charge in [0.05, 0.1) is 24.3 Å². The summed E-state index contributed by atoms with van der Waals surface area (Å²) < 4.78 is 34.9. The van der Waals surface area contributed by atoms with Crippen LogP contribution in [0, 0.1) is 0 Å². The average molecular weight is 470 g/mol. The summed E-state index contributed by atoms with van der Waals surface area (Å²) >= 11 is 4.37. The van der Waals surface area contributed by atoms with E-state index in [1.165, 1.54) is 42.0 Å². The van der Waals surface area contributed by atoms with Crippen molar-refractivity contribution < 1.29 is 18.3 Å². The van der Waals surface area contributed by atoms with E-state index in [1.54, 1.807) is 42.5 Å². The number of thioether (sulfide) groups is 2. The van der Waals surface area contributed by atoms with Gasteiger partial charge in [-0.3, -0.25) is 4.72 Å².